The second kappa shape index (κ2) is 5.73. The number of aromatic nitrogens is 6. The van der Waals surface area contributed by atoms with E-state index in [4.69, 9.17) is 0 Å². The highest BCUT2D eigenvalue weighted by Gasteiger charge is 2.19. The maximum Gasteiger partial charge on any atom is 0.333 e. The third-order valence-electron chi connectivity index (χ3n) is 4.18. The predicted octanol–water partition coefficient (Wildman–Crippen LogP) is 1.30. The Labute approximate surface area is 142 Å². The van der Waals surface area contributed by atoms with Crippen LogP contribution in [0.4, 0.5) is 0 Å². The molecule has 0 amide bonds. The summed E-state index contributed by atoms with van der Waals surface area (Å²) in [6.07, 6.45) is 4.19. The molecule has 25 heavy (non-hydrogen) atoms. The topological polar surface area (TPSA) is 90.0 Å². The Bertz CT molecular complexity index is 1180. The summed E-state index contributed by atoms with van der Waals surface area (Å²) in [7, 11) is 0. The van der Waals surface area contributed by atoms with Crippen molar-refractivity contribution in [1.29, 1.82) is 0 Å². The standard InChI is InChI=1S/C17H18N6O2/c1-3-8-21-15(24)13-14(20-16-19-11(2)9-22(13)16)23(17(21)25)10-12-6-4-5-7-18-12/h4-7,9H,3,8,10H2,1-2H3,(H,19,20). The summed E-state index contributed by atoms with van der Waals surface area (Å²) in [5.41, 5.74) is 1.74. The van der Waals surface area contributed by atoms with Crippen LogP contribution in [0.2, 0.25) is 0 Å². The number of nitrogens with one attached hydrogen (secondary N) is 1. The molecule has 8 heteroatoms. The zero-order valence-corrected chi connectivity index (χ0v) is 14.1. The third kappa shape index (κ3) is 2.37. The van der Waals surface area contributed by atoms with E-state index >= 15 is 0 Å². The number of hydrogen-bond donors (Lipinski definition) is 1. The molecule has 4 rings (SSSR count). The van der Waals surface area contributed by atoms with Crippen LogP contribution >= 0.6 is 0 Å². The van der Waals surface area contributed by atoms with Crippen LogP contribution in [0, 0.1) is 6.92 Å². The van der Waals surface area contributed by atoms with Gasteiger partial charge in [-0.25, -0.2) is 4.79 Å². The van der Waals surface area contributed by atoms with E-state index in [0.29, 0.717) is 29.9 Å². The maximum absolute atomic E-state index is 12.9. The molecule has 0 bridgehead atoms. The first-order chi connectivity index (χ1) is 12.1. The zero-order chi connectivity index (χ0) is 17.6. The molecule has 4 aromatic rings. The molecule has 0 aliphatic heterocycles. The Morgan fingerprint density at radius 1 is 1.20 bits per heavy atom. The molecule has 8 nitrogen and oxygen atoms in total. The van der Waals surface area contributed by atoms with Gasteiger partial charge in [-0.05, 0) is 25.5 Å². The summed E-state index contributed by atoms with van der Waals surface area (Å²) < 4.78 is 4.51. The molecule has 128 valence electrons. The van der Waals surface area contributed by atoms with Crippen molar-refractivity contribution in [3.63, 3.8) is 0 Å². The van der Waals surface area contributed by atoms with Crippen LogP contribution in [0.15, 0.2) is 40.2 Å². The summed E-state index contributed by atoms with van der Waals surface area (Å²) >= 11 is 0. The van der Waals surface area contributed by atoms with Gasteiger partial charge < -0.3 is 4.98 Å². The highest BCUT2D eigenvalue weighted by molar-refractivity contribution is 5.75. The Morgan fingerprint density at radius 3 is 2.76 bits per heavy atom. The normalized spacial score (nSPS) is 11.6. The van der Waals surface area contributed by atoms with Crippen molar-refractivity contribution in [3.8, 4) is 0 Å². The first kappa shape index (κ1) is 15.4. The smallest absolute Gasteiger partial charge is 0.328 e. The average molecular weight is 338 g/mol. The SMILES string of the molecule is CCCn1c(=O)c2c(nc3[nH]c(C)cn32)n(Cc2ccccn2)c1=O. The first-order valence-corrected chi connectivity index (χ1v) is 8.21. The Kier molecular flexibility index (Phi) is 3.52. The van der Waals surface area contributed by atoms with Gasteiger partial charge in [-0.3, -0.25) is 23.3 Å². The van der Waals surface area contributed by atoms with Crippen molar-refractivity contribution >= 4 is 16.9 Å². The maximum atomic E-state index is 12.9. The number of nitrogens with zero attached hydrogens (tertiary/aromatic N) is 5. The second-order valence-corrected chi connectivity index (χ2v) is 6.06. The molecule has 0 saturated carbocycles. The highest BCUT2D eigenvalue weighted by Crippen LogP contribution is 2.13. The van der Waals surface area contributed by atoms with E-state index in [1.54, 1.807) is 10.6 Å². The summed E-state index contributed by atoms with van der Waals surface area (Å²) in [5, 5.41) is 0. The quantitative estimate of drug-likeness (QED) is 0.607. The Hall–Kier alpha value is -3.16. The van der Waals surface area contributed by atoms with E-state index in [1.165, 1.54) is 9.13 Å². The van der Waals surface area contributed by atoms with Crippen LogP contribution in [-0.4, -0.2) is 28.5 Å². The van der Waals surface area contributed by atoms with Crippen molar-refractivity contribution < 1.29 is 0 Å². The molecule has 0 spiro atoms. The third-order valence-corrected chi connectivity index (χ3v) is 4.18. The van der Waals surface area contributed by atoms with Gasteiger partial charge in [-0.1, -0.05) is 13.0 Å². The Morgan fingerprint density at radius 2 is 2.04 bits per heavy atom. The van der Waals surface area contributed by atoms with Gasteiger partial charge in [0.1, 0.15) is 0 Å². The molecular formula is C17H18N6O2. The molecule has 0 atom stereocenters. The largest absolute Gasteiger partial charge is 0.333 e. The number of rotatable bonds is 4. The number of H-pyrrole nitrogens is 1. The molecule has 4 aromatic heterocycles. The summed E-state index contributed by atoms with van der Waals surface area (Å²) in [5.74, 6) is 0.549. The lowest BCUT2D eigenvalue weighted by molar-refractivity contribution is 0.576. The number of hydrogen-bond acceptors (Lipinski definition) is 4. The van der Waals surface area contributed by atoms with Gasteiger partial charge in [0.2, 0.25) is 5.78 Å². The van der Waals surface area contributed by atoms with E-state index in [0.717, 1.165) is 11.4 Å². The van der Waals surface area contributed by atoms with Crippen LogP contribution in [-0.2, 0) is 13.1 Å². The number of fused-ring (bicyclic) bond motifs is 3. The summed E-state index contributed by atoms with van der Waals surface area (Å²) in [6, 6.07) is 5.54. The van der Waals surface area contributed by atoms with Crippen molar-refractivity contribution in [1.82, 2.24) is 28.5 Å². The molecule has 4 heterocycles. The monoisotopic (exact) mass is 338 g/mol. The van der Waals surface area contributed by atoms with E-state index < -0.39 is 0 Å². The van der Waals surface area contributed by atoms with Gasteiger partial charge in [0, 0.05) is 24.6 Å². The molecule has 0 unspecified atom stereocenters. The van der Waals surface area contributed by atoms with Gasteiger partial charge in [-0.15, -0.1) is 0 Å². The zero-order valence-electron chi connectivity index (χ0n) is 14.1. The molecule has 0 saturated heterocycles. The van der Waals surface area contributed by atoms with Crippen LogP contribution in [0.25, 0.3) is 16.9 Å². The van der Waals surface area contributed by atoms with E-state index in [9.17, 15) is 9.59 Å². The summed E-state index contributed by atoms with van der Waals surface area (Å²) in [6.45, 7) is 4.46. The summed E-state index contributed by atoms with van der Waals surface area (Å²) in [4.78, 5) is 37.7. The van der Waals surface area contributed by atoms with E-state index in [2.05, 4.69) is 15.0 Å². The van der Waals surface area contributed by atoms with Crippen molar-refractivity contribution in [2.75, 3.05) is 0 Å². The Balaban J connectivity index is 2.07. The lowest BCUT2D eigenvalue weighted by atomic mass is 10.3. The van der Waals surface area contributed by atoms with Gasteiger partial charge in [0.15, 0.2) is 11.2 Å². The van der Waals surface area contributed by atoms with E-state index in [-0.39, 0.29) is 17.8 Å². The molecule has 0 aliphatic carbocycles. The van der Waals surface area contributed by atoms with Gasteiger partial charge in [0.25, 0.3) is 5.56 Å². The molecular weight excluding hydrogens is 320 g/mol. The van der Waals surface area contributed by atoms with E-state index in [1.807, 2.05) is 38.2 Å². The number of imidazole rings is 2. The molecule has 1 N–H and O–H groups in total. The minimum absolute atomic E-state index is 0.263. The molecule has 0 aromatic carbocycles. The van der Waals surface area contributed by atoms with Crippen LogP contribution < -0.4 is 11.2 Å². The minimum Gasteiger partial charge on any atom is -0.328 e. The lowest BCUT2D eigenvalue weighted by Gasteiger charge is -2.10. The van der Waals surface area contributed by atoms with Crippen LogP contribution in [0.3, 0.4) is 0 Å². The van der Waals surface area contributed by atoms with Crippen molar-refractivity contribution in [2.45, 2.75) is 33.4 Å². The minimum atomic E-state index is -0.359. The molecule has 0 radical (unpaired) electrons. The van der Waals surface area contributed by atoms with Crippen molar-refractivity contribution in [3.05, 3.63) is 62.8 Å². The fraction of sp³-hybridized carbons (Fsp3) is 0.294. The first-order valence-electron chi connectivity index (χ1n) is 8.21. The fourth-order valence-corrected chi connectivity index (χ4v) is 3.09. The predicted molar refractivity (Wildman–Crippen MR) is 93.9 cm³/mol. The van der Waals surface area contributed by atoms with Crippen LogP contribution in [0.1, 0.15) is 24.7 Å². The number of aryl methyl sites for hydroxylation is 1. The van der Waals surface area contributed by atoms with Crippen molar-refractivity contribution in [2.24, 2.45) is 0 Å². The molecule has 0 fully saturated rings. The van der Waals surface area contributed by atoms with Crippen LogP contribution in [0.5, 0.6) is 0 Å². The second-order valence-electron chi connectivity index (χ2n) is 6.06. The van der Waals surface area contributed by atoms with Gasteiger partial charge >= 0.3 is 5.69 Å². The fourth-order valence-electron chi connectivity index (χ4n) is 3.09. The highest BCUT2D eigenvalue weighted by atomic mass is 16.2. The lowest BCUT2D eigenvalue weighted by Crippen LogP contribution is -2.40. The average Bonchev–Trinajstić information content (AvgIpc) is 3.12. The molecule has 0 aliphatic rings. The number of aromatic amines is 1. The van der Waals surface area contributed by atoms with Gasteiger partial charge in [-0.2, -0.15) is 4.98 Å². The van der Waals surface area contributed by atoms with Gasteiger partial charge in [0.05, 0.1) is 12.2 Å². The number of pyridine rings is 1.